The van der Waals surface area contributed by atoms with Gasteiger partial charge in [-0.15, -0.1) is 0 Å². The summed E-state index contributed by atoms with van der Waals surface area (Å²) in [6, 6.07) is -0.384. The second kappa shape index (κ2) is 7.35. The van der Waals surface area contributed by atoms with Gasteiger partial charge in [-0.1, -0.05) is 13.8 Å². The first-order valence-electron chi connectivity index (χ1n) is 7.52. The highest BCUT2D eigenvalue weighted by Gasteiger charge is 2.41. The maximum atomic E-state index is 12.8. The minimum Gasteiger partial charge on any atom is -0.481 e. The Balaban J connectivity index is 2.10. The van der Waals surface area contributed by atoms with Gasteiger partial charge in [-0.05, 0) is 6.42 Å². The van der Waals surface area contributed by atoms with Gasteiger partial charge >= 0.3 is 12.0 Å². The van der Waals surface area contributed by atoms with Crippen molar-refractivity contribution in [1.29, 1.82) is 0 Å². The zero-order valence-electron chi connectivity index (χ0n) is 12.7. The van der Waals surface area contributed by atoms with Crippen LogP contribution in [-0.2, 0) is 9.53 Å². The smallest absolute Gasteiger partial charge is 0.320 e. The van der Waals surface area contributed by atoms with Crippen LogP contribution in [0.1, 0.15) is 20.3 Å². The van der Waals surface area contributed by atoms with Crippen LogP contribution in [0.15, 0.2) is 0 Å². The molecular formula is C14H24N2O4S. The lowest BCUT2D eigenvalue weighted by Gasteiger charge is -2.38. The van der Waals surface area contributed by atoms with Crippen LogP contribution >= 0.6 is 11.8 Å². The van der Waals surface area contributed by atoms with Gasteiger partial charge in [-0.3, -0.25) is 4.79 Å². The van der Waals surface area contributed by atoms with E-state index in [-0.39, 0.29) is 18.7 Å². The number of rotatable bonds is 4. The molecule has 0 spiro atoms. The third-order valence-corrected chi connectivity index (χ3v) is 5.13. The van der Waals surface area contributed by atoms with Gasteiger partial charge in [-0.2, -0.15) is 11.8 Å². The van der Waals surface area contributed by atoms with E-state index in [4.69, 9.17) is 4.74 Å². The van der Waals surface area contributed by atoms with Crippen LogP contribution in [0.25, 0.3) is 0 Å². The lowest BCUT2D eigenvalue weighted by Crippen LogP contribution is -2.54. The third kappa shape index (κ3) is 3.83. The van der Waals surface area contributed by atoms with Crippen molar-refractivity contribution in [3.8, 4) is 0 Å². The van der Waals surface area contributed by atoms with Crippen molar-refractivity contribution in [3.63, 3.8) is 0 Å². The quantitative estimate of drug-likeness (QED) is 0.848. The fraction of sp³-hybridized carbons (Fsp3) is 0.857. The van der Waals surface area contributed by atoms with Crippen molar-refractivity contribution in [2.75, 3.05) is 38.6 Å². The number of carboxylic acid groups (broad SMARTS) is 1. The maximum absolute atomic E-state index is 12.8. The van der Waals surface area contributed by atoms with Gasteiger partial charge in [0.05, 0.1) is 19.3 Å². The zero-order valence-corrected chi connectivity index (χ0v) is 13.5. The highest BCUT2D eigenvalue weighted by Crippen LogP contribution is 2.24. The molecule has 3 atom stereocenters. The average molecular weight is 316 g/mol. The molecular weight excluding hydrogens is 292 g/mol. The summed E-state index contributed by atoms with van der Waals surface area (Å²) in [6.07, 6.45) is 0.812. The summed E-state index contributed by atoms with van der Waals surface area (Å²) >= 11 is 1.87. The highest BCUT2D eigenvalue weighted by atomic mass is 32.2. The van der Waals surface area contributed by atoms with Crippen molar-refractivity contribution in [3.05, 3.63) is 0 Å². The Morgan fingerprint density at radius 2 is 2.19 bits per heavy atom. The molecule has 2 aliphatic rings. The molecule has 0 radical (unpaired) electrons. The van der Waals surface area contributed by atoms with Gasteiger partial charge < -0.3 is 19.6 Å². The number of carbonyl (C=O) groups is 2. The van der Waals surface area contributed by atoms with E-state index in [0.29, 0.717) is 18.4 Å². The van der Waals surface area contributed by atoms with E-state index in [9.17, 15) is 14.7 Å². The number of thioether (sulfide) groups is 1. The molecule has 0 saturated carbocycles. The van der Waals surface area contributed by atoms with Crippen LogP contribution in [0.4, 0.5) is 4.79 Å². The van der Waals surface area contributed by atoms with E-state index in [2.05, 4.69) is 6.92 Å². The summed E-state index contributed by atoms with van der Waals surface area (Å²) in [6.45, 7) is 6.68. The fourth-order valence-electron chi connectivity index (χ4n) is 2.90. The number of urea groups is 1. The predicted octanol–water partition coefficient (Wildman–Crippen LogP) is 1.36. The number of ether oxygens (including phenoxy) is 1. The van der Waals surface area contributed by atoms with E-state index in [1.165, 1.54) is 0 Å². The van der Waals surface area contributed by atoms with Gasteiger partial charge in [0.2, 0.25) is 0 Å². The second-order valence-electron chi connectivity index (χ2n) is 5.65. The topological polar surface area (TPSA) is 70.1 Å². The van der Waals surface area contributed by atoms with E-state index in [0.717, 1.165) is 25.3 Å². The third-order valence-electron chi connectivity index (χ3n) is 3.99. The molecule has 3 unspecified atom stereocenters. The first-order chi connectivity index (χ1) is 10.0. The van der Waals surface area contributed by atoms with Crippen LogP contribution in [0.2, 0.25) is 0 Å². The molecule has 2 aliphatic heterocycles. The van der Waals surface area contributed by atoms with Crippen LogP contribution in [-0.4, -0.2) is 76.8 Å². The molecule has 2 rings (SSSR count). The standard InChI is InChI=1S/C14H24N2O4S/c1-3-4-16(12-9-20-8-11(12)13(17)18)14(19)15-5-6-21-10(2)7-15/h10-12H,3-9H2,1-2H3,(H,17,18). The lowest BCUT2D eigenvalue weighted by molar-refractivity contribution is -0.142. The second-order valence-corrected chi connectivity index (χ2v) is 7.20. The largest absolute Gasteiger partial charge is 0.481 e. The van der Waals surface area contributed by atoms with Gasteiger partial charge in [0.25, 0.3) is 0 Å². The Kier molecular flexibility index (Phi) is 5.75. The van der Waals surface area contributed by atoms with Crippen LogP contribution in [0.3, 0.4) is 0 Å². The number of carboxylic acids is 1. The minimum atomic E-state index is -0.881. The molecule has 120 valence electrons. The normalized spacial score (nSPS) is 29.4. The van der Waals surface area contributed by atoms with E-state index >= 15 is 0 Å². The Morgan fingerprint density at radius 1 is 1.43 bits per heavy atom. The molecule has 2 fully saturated rings. The summed E-state index contributed by atoms with van der Waals surface area (Å²) in [7, 11) is 0. The van der Waals surface area contributed by atoms with Crippen LogP contribution in [0.5, 0.6) is 0 Å². The minimum absolute atomic E-state index is 0.0363. The molecule has 6 nitrogen and oxygen atoms in total. The monoisotopic (exact) mass is 316 g/mol. The lowest BCUT2D eigenvalue weighted by atomic mass is 10.0. The number of amides is 2. The van der Waals surface area contributed by atoms with E-state index < -0.39 is 11.9 Å². The summed E-state index contributed by atoms with van der Waals surface area (Å²) < 4.78 is 5.32. The van der Waals surface area contributed by atoms with Gasteiger partial charge in [0.15, 0.2) is 0 Å². The first-order valence-corrected chi connectivity index (χ1v) is 8.57. The van der Waals surface area contributed by atoms with Gasteiger partial charge in [0.1, 0.15) is 5.92 Å². The van der Waals surface area contributed by atoms with Crippen LogP contribution in [0, 0.1) is 5.92 Å². The Morgan fingerprint density at radius 3 is 2.81 bits per heavy atom. The molecule has 0 aliphatic carbocycles. The SMILES string of the molecule is CCCN(C(=O)N1CCSC(C)C1)C1COCC1C(=O)O. The van der Waals surface area contributed by atoms with Crippen molar-refractivity contribution >= 4 is 23.8 Å². The Hall–Kier alpha value is -0.950. The van der Waals surface area contributed by atoms with Crippen LogP contribution < -0.4 is 0 Å². The highest BCUT2D eigenvalue weighted by molar-refractivity contribution is 7.99. The first kappa shape index (κ1) is 16.4. The number of carbonyl (C=O) groups excluding carboxylic acids is 1. The number of aliphatic carboxylic acids is 1. The predicted molar refractivity (Wildman–Crippen MR) is 81.6 cm³/mol. The molecule has 21 heavy (non-hydrogen) atoms. The molecule has 2 heterocycles. The molecule has 0 aromatic rings. The zero-order chi connectivity index (χ0) is 15.4. The molecule has 1 N–H and O–H groups in total. The summed E-state index contributed by atoms with van der Waals surface area (Å²) in [4.78, 5) is 27.7. The Labute approximate surface area is 129 Å². The summed E-state index contributed by atoms with van der Waals surface area (Å²) in [5.74, 6) is -0.554. The Bertz CT molecular complexity index is 393. The molecule has 2 saturated heterocycles. The van der Waals surface area contributed by atoms with Crippen molar-refractivity contribution in [2.24, 2.45) is 5.92 Å². The average Bonchev–Trinajstić information content (AvgIpc) is 2.93. The molecule has 0 bridgehead atoms. The van der Waals surface area contributed by atoms with Crippen molar-refractivity contribution < 1.29 is 19.4 Å². The molecule has 2 amide bonds. The number of hydrogen-bond donors (Lipinski definition) is 1. The maximum Gasteiger partial charge on any atom is 0.320 e. The van der Waals surface area contributed by atoms with Crippen molar-refractivity contribution in [2.45, 2.75) is 31.6 Å². The number of nitrogens with zero attached hydrogens (tertiary/aromatic N) is 2. The van der Waals surface area contributed by atoms with Gasteiger partial charge in [-0.25, -0.2) is 4.79 Å². The fourth-order valence-corrected chi connectivity index (χ4v) is 3.92. The molecule has 0 aromatic heterocycles. The summed E-state index contributed by atoms with van der Waals surface area (Å²) in [5, 5.41) is 9.73. The molecule has 0 aromatic carbocycles. The van der Waals surface area contributed by atoms with E-state index in [1.807, 2.05) is 23.6 Å². The summed E-state index contributed by atoms with van der Waals surface area (Å²) in [5.41, 5.74) is 0. The molecule has 7 heteroatoms. The van der Waals surface area contributed by atoms with Gasteiger partial charge in [0, 0.05) is 30.6 Å². The van der Waals surface area contributed by atoms with Crippen molar-refractivity contribution in [1.82, 2.24) is 9.80 Å². The number of hydrogen-bond acceptors (Lipinski definition) is 4. The van der Waals surface area contributed by atoms with E-state index in [1.54, 1.807) is 4.90 Å².